The molecule has 2 aliphatic rings. The monoisotopic (exact) mass is 337 g/mol. The van der Waals surface area contributed by atoms with Gasteiger partial charge in [0.25, 0.3) is 0 Å². The van der Waals surface area contributed by atoms with Gasteiger partial charge in [-0.1, -0.05) is 27.7 Å². The summed E-state index contributed by atoms with van der Waals surface area (Å²) in [5.74, 6) is 1.69. The fourth-order valence-electron chi connectivity index (χ4n) is 3.83. The van der Waals surface area contributed by atoms with Gasteiger partial charge in [0, 0.05) is 63.3 Å². The molecule has 0 bridgehead atoms. The van der Waals surface area contributed by atoms with Gasteiger partial charge in [-0.15, -0.1) is 0 Å². The van der Waals surface area contributed by atoms with Gasteiger partial charge in [-0.2, -0.15) is 0 Å². The molecule has 2 heterocycles. The summed E-state index contributed by atoms with van der Waals surface area (Å²) in [7, 11) is 4.12. The summed E-state index contributed by atoms with van der Waals surface area (Å²) in [5.41, 5.74) is 0.482. The van der Waals surface area contributed by atoms with Crippen LogP contribution in [0.3, 0.4) is 0 Å². The number of guanidine groups is 1. The number of piperazine rings is 1. The Morgan fingerprint density at radius 2 is 1.67 bits per heavy atom. The number of aliphatic imine (C=N–C) groups is 1. The van der Waals surface area contributed by atoms with Crippen molar-refractivity contribution in [1.29, 1.82) is 0 Å². The highest BCUT2D eigenvalue weighted by Crippen LogP contribution is 2.46. The highest BCUT2D eigenvalue weighted by Gasteiger charge is 2.53. The third kappa shape index (κ3) is 3.72. The lowest BCUT2D eigenvalue weighted by atomic mass is 9.65. The number of likely N-dealkylation sites (N-methyl/N-ethyl adjacent to an activating group) is 1. The summed E-state index contributed by atoms with van der Waals surface area (Å²) in [4.78, 5) is 12.1. The van der Waals surface area contributed by atoms with E-state index >= 15 is 0 Å². The molecule has 0 saturated carbocycles. The van der Waals surface area contributed by atoms with E-state index < -0.39 is 0 Å². The van der Waals surface area contributed by atoms with E-state index in [0.29, 0.717) is 17.4 Å². The van der Waals surface area contributed by atoms with E-state index in [2.05, 4.69) is 73.6 Å². The number of nitrogens with one attached hydrogen (secondary N) is 1. The maximum Gasteiger partial charge on any atom is 0.194 e. The van der Waals surface area contributed by atoms with E-state index in [1.165, 1.54) is 26.2 Å². The highest BCUT2D eigenvalue weighted by atomic mass is 15.4. The van der Waals surface area contributed by atoms with E-state index in [4.69, 9.17) is 0 Å². The number of nitrogens with zero attached hydrogens (tertiary/aromatic N) is 4. The zero-order chi connectivity index (χ0) is 18.1. The smallest absolute Gasteiger partial charge is 0.194 e. The maximum absolute atomic E-state index is 4.56. The van der Waals surface area contributed by atoms with Gasteiger partial charge in [0.15, 0.2) is 5.96 Å². The zero-order valence-corrected chi connectivity index (χ0v) is 17.2. The van der Waals surface area contributed by atoms with Crippen molar-refractivity contribution in [2.75, 3.05) is 53.4 Å². The first-order valence-corrected chi connectivity index (χ1v) is 9.51. The topological polar surface area (TPSA) is 34.1 Å². The Labute approximate surface area is 149 Å². The van der Waals surface area contributed by atoms with Crippen LogP contribution in [0.5, 0.6) is 0 Å². The summed E-state index contributed by atoms with van der Waals surface area (Å²) in [6.45, 7) is 20.7. The van der Waals surface area contributed by atoms with E-state index in [1.54, 1.807) is 0 Å². The molecule has 140 valence electrons. The van der Waals surface area contributed by atoms with Gasteiger partial charge in [0.05, 0.1) is 0 Å². The predicted molar refractivity (Wildman–Crippen MR) is 104 cm³/mol. The number of likely N-dealkylation sites (tertiary alicyclic amines) is 1. The summed E-state index contributed by atoms with van der Waals surface area (Å²) < 4.78 is 0. The van der Waals surface area contributed by atoms with Crippen molar-refractivity contribution in [2.24, 2.45) is 16.3 Å². The van der Waals surface area contributed by atoms with Gasteiger partial charge in [-0.25, -0.2) is 0 Å². The fourth-order valence-corrected chi connectivity index (χ4v) is 3.83. The van der Waals surface area contributed by atoms with Crippen LogP contribution in [-0.4, -0.2) is 85.6 Å². The minimum absolute atomic E-state index is 0.149. The van der Waals surface area contributed by atoms with Crippen molar-refractivity contribution < 1.29 is 0 Å². The van der Waals surface area contributed by atoms with Gasteiger partial charge in [-0.05, 0) is 26.8 Å². The zero-order valence-electron chi connectivity index (χ0n) is 17.2. The molecule has 1 atom stereocenters. The molecule has 2 saturated heterocycles. The molecule has 1 N–H and O–H groups in total. The summed E-state index contributed by atoms with van der Waals surface area (Å²) in [5, 5.41) is 3.68. The van der Waals surface area contributed by atoms with Crippen LogP contribution in [0.25, 0.3) is 0 Å². The van der Waals surface area contributed by atoms with Crippen LogP contribution >= 0.6 is 0 Å². The predicted octanol–water partition coefficient (Wildman–Crippen LogP) is 1.95. The van der Waals surface area contributed by atoms with Crippen molar-refractivity contribution in [3.63, 3.8) is 0 Å². The van der Waals surface area contributed by atoms with Crippen LogP contribution in [0.4, 0.5) is 0 Å². The van der Waals surface area contributed by atoms with E-state index in [9.17, 15) is 0 Å². The van der Waals surface area contributed by atoms with Gasteiger partial charge >= 0.3 is 0 Å². The molecule has 2 aliphatic heterocycles. The van der Waals surface area contributed by atoms with Crippen LogP contribution in [0.1, 0.15) is 41.5 Å². The second-order valence-corrected chi connectivity index (χ2v) is 9.11. The third-order valence-corrected chi connectivity index (χ3v) is 6.60. The van der Waals surface area contributed by atoms with Gasteiger partial charge in [0.1, 0.15) is 0 Å². The summed E-state index contributed by atoms with van der Waals surface area (Å²) >= 11 is 0. The molecule has 2 rings (SSSR count). The van der Waals surface area contributed by atoms with Crippen LogP contribution in [0.2, 0.25) is 0 Å². The molecule has 1 unspecified atom stereocenters. The molecule has 0 aliphatic carbocycles. The quantitative estimate of drug-likeness (QED) is 0.628. The molecule has 5 heteroatoms. The maximum atomic E-state index is 4.56. The van der Waals surface area contributed by atoms with Crippen molar-refractivity contribution >= 4 is 5.96 Å². The Bertz CT molecular complexity index is 447. The average Bonchev–Trinajstić information content (AvgIpc) is 2.51. The first-order valence-electron chi connectivity index (χ1n) is 9.51. The van der Waals surface area contributed by atoms with Crippen LogP contribution in [-0.2, 0) is 0 Å². The first kappa shape index (κ1) is 19.5. The fraction of sp³-hybridized carbons (Fsp3) is 0.947. The van der Waals surface area contributed by atoms with Crippen molar-refractivity contribution in [1.82, 2.24) is 20.0 Å². The Kier molecular flexibility index (Phi) is 5.86. The lowest BCUT2D eigenvalue weighted by molar-refractivity contribution is -0.0670. The molecule has 5 nitrogen and oxygen atoms in total. The van der Waals surface area contributed by atoms with Crippen molar-refractivity contribution in [2.45, 2.75) is 53.1 Å². The summed E-state index contributed by atoms with van der Waals surface area (Å²) in [6, 6.07) is 0.563. The summed E-state index contributed by atoms with van der Waals surface area (Å²) in [6.07, 6.45) is 0. The lowest BCUT2D eigenvalue weighted by Crippen LogP contribution is -2.73. The Morgan fingerprint density at radius 3 is 2.08 bits per heavy atom. The molecule has 0 radical (unpaired) electrons. The van der Waals surface area contributed by atoms with E-state index in [1.807, 2.05) is 7.05 Å². The SMILES string of the molecule is CN=C(NCC(C(C)C)N1CCN(C)CC1)N1CC(C)(C)C1(C)C. The number of rotatable bonds is 4. The standard InChI is InChI=1S/C19H39N5/c1-15(2)16(23-11-9-22(8)10-12-23)13-21-17(20-7)24-14-18(3,4)19(24,5)6/h15-16H,9-14H2,1-8H3,(H,20,21). The molecule has 0 aromatic rings. The van der Waals surface area contributed by atoms with Gasteiger partial charge in [0.2, 0.25) is 0 Å². The molecule has 0 amide bonds. The average molecular weight is 338 g/mol. The highest BCUT2D eigenvalue weighted by molar-refractivity contribution is 5.82. The van der Waals surface area contributed by atoms with Gasteiger partial charge < -0.3 is 15.1 Å². The van der Waals surface area contributed by atoms with Crippen molar-refractivity contribution in [3.8, 4) is 0 Å². The normalized spacial score (nSPS) is 26.4. The van der Waals surface area contributed by atoms with Crippen LogP contribution in [0.15, 0.2) is 4.99 Å². The second-order valence-electron chi connectivity index (χ2n) is 9.11. The van der Waals surface area contributed by atoms with Crippen molar-refractivity contribution in [3.05, 3.63) is 0 Å². The largest absolute Gasteiger partial charge is 0.355 e. The third-order valence-electron chi connectivity index (χ3n) is 6.60. The van der Waals surface area contributed by atoms with E-state index in [-0.39, 0.29) is 5.54 Å². The molecular formula is C19H39N5. The molecule has 0 aromatic carbocycles. The van der Waals surface area contributed by atoms with Crippen LogP contribution in [0, 0.1) is 11.3 Å². The minimum Gasteiger partial charge on any atom is -0.355 e. The minimum atomic E-state index is 0.149. The molecule has 0 spiro atoms. The van der Waals surface area contributed by atoms with Crippen LogP contribution < -0.4 is 5.32 Å². The lowest BCUT2D eigenvalue weighted by Gasteiger charge is -2.62. The Balaban J connectivity index is 1.96. The number of hydrogen-bond donors (Lipinski definition) is 1. The Hall–Kier alpha value is -0.810. The molecule has 24 heavy (non-hydrogen) atoms. The first-order chi connectivity index (χ1) is 11.1. The van der Waals surface area contributed by atoms with E-state index in [0.717, 1.165) is 19.0 Å². The second kappa shape index (κ2) is 7.20. The Morgan fingerprint density at radius 1 is 1.08 bits per heavy atom. The molecular weight excluding hydrogens is 298 g/mol. The number of hydrogen-bond acceptors (Lipinski definition) is 3. The molecule has 2 fully saturated rings. The molecule has 0 aromatic heterocycles. The van der Waals surface area contributed by atoms with Gasteiger partial charge in [-0.3, -0.25) is 9.89 Å².